The summed E-state index contributed by atoms with van der Waals surface area (Å²) >= 11 is 0. The smallest absolute Gasteiger partial charge is 0.137 e. The fourth-order valence-corrected chi connectivity index (χ4v) is 1.96. The molecule has 0 unspecified atom stereocenters. The predicted molar refractivity (Wildman–Crippen MR) is 70.2 cm³/mol. The average molecular weight is 239 g/mol. The van der Waals surface area contributed by atoms with Crippen LogP contribution in [0.1, 0.15) is 5.56 Å². The number of phenols is 1. The lowest BCUT2D eigenvalue weighted by molar-refractivity contribution is 0.475. The summed E-state index contributed by atoms with van der Waals surface area (Å²) in [7, 11) is 0. The Kier molecular flexibility index (Phi) is 2.50. The van der Waals surface area contributed by atoms with E-state index < -0.39 is 0 Å². The monoisotopic (exact) mass is 239 g/mol. The molecule has 0 aliphatic carbocycles. The third-order valence-corrected chi connectivity index (χ3v) is 2.89. The predicted octanol–water partition coefficient (Wildman–Crippen LogP) is 2.17. The first kappa shape index (κ1) is 10.8. The van der Waals surface area contributed by atoms with Crippen LogP contribution in [0.5, 0.6) is 5.75 Å². The minimum atomic E-state index is 0.243. The molecule has 0 radical (unpaired) electrons. The zero-order valence-electron chi connectivity index (χ0n) is 9.74. The van der Waals surface area contributed by atoms with E-state index in [0.29, 0.717) is 6.54 Å². The largest absolute Gasteiger partial charge is 0.508 e. The number of nitrogens with two attached hydrogens (primary N) is 1. The Hall–Kier alpha value is -2.33. The molecule has 4 heteroatoms. The summed E-state index contributed by atoms with van der Waals surface area (Å²) in [5.41, 5.74) is 9.27. The van der Waals surface area contributed by atoms with Crippen molar-refractivity contribution in [3.05, 3.63) is 54.4 Å². The van der Waals surface area contributed by atoms with Gasteiger partial charge in [-0.3, -0.25) is 0 Å². The van der Waals surface area contributed by atoms with E-state index in [9.17, 15) is 5.11 Å². The standard InChI is InChI=1S/C14H13N3O/c15-7-10-4-5-14-16-13(9-17(14)8-10)11-2-1-3-12(18)6-11/h1-6,8-9,18H,7,15H2. The van der Waals surface area contributed by atoms with Crippen molar-refractivity contribution in [1.82, 2.24) is 9.38 Å². The number of rotatable bonds is 2. The van der Waals surface area contributed by atoms with Crippen molar-refractivity contribution >= 4 is 5.65 Å². The molecule has 3 N–H and O–H groups in total. The number of imidazole rings is 1. The molecular weight excluding hydrogens is 226 g/mol. The number of aromatic hydroxyl groups is 1. The molecule has 2 heterocycles. The van der Waals surface area contributed by atoms with Crippen LogP contribution in [0.15, 0.2) is 48.8 Å². The minimum absolute atomic E-state index is 0.243. The van der Waals surface area contributed by atoms with E-state index in [0.717, 1.165) is 22.5 Å². The molecule has 3 aromatic rings. The lowest BCUT2D eigenvalue weighted by Gasteiger charge is -1.97. The van der Waals surface area contributed by atoms with E-state index >= 15 is 0 Å². The number of nitrogens with zero attached hydrogens (tertiary/aromatic N) is 2. The Morgan fingerprint density at radius 1 is 1.17 bits per heavy atom. The van der Waals surface area contributed by atoms with Crippen molar-refractivity contribution in [2.75, 3.05) is 0 Å². The van der Waals surface area contributed by atoms with Crippen molar-refractivity contribution in [2.45, 2.75) is 6.54 Å². The Morgan fingerprint density at radius 3 is 2.83 bits per heavy atom. The van der Waals surface area contributed by atoms with Gasteiger partial charge in [0.05, 0.1) is 5.69 Å². The van der Waals surface area contributed by atoms with Crippen LogP contribution in [0.3, 0.4) is 0 Å². The normalized spacial score (nSPS) is 10.9. The quantitative estimate of drug-likeness (QED) is 0.720. The Balaban J connectivity index is 2.13. The van der Waals surface area contributed by atoms with Crippen LogP contribution in [-0.2, 0) is 6.54 Å². The third kappa shape index (κ3) is 1.83. The average Bonchev–Trinajstić information content (AvgIpc) is 2.81. The summed E-state index contributed by atoms with van der Waals surface area (Å²) < 4.78 is 1.95. The number of aromatic nitrogens is 2. The summed E-state index contributed by atoms with van der Waals surface area (Å²) in [5, 5.41) is 9.48. The second-order valence-electron chi connectivity index (χ2n) is 4.18. The van der Waals surface area contributed by atoms with Crippen molar-refractivity contribution in [3.63, 3.8) is 0 Å². The van der Waals surface area contributed by atoms with Crippen molar-refractivity contribution in [1.29, 1.82) is 0 Å². The number of pyridine rings is 1. The molecule has 0 bridgehead atoms. The first-order valence-electron chi connectivity index (χ1n) is 5.73. The molecule has 0 atom stereocenters. The molecule has 0 spiro atoms. The summed E-state index contributed by atoms with van der Waals surface area (Å²) in [6.07, 6.45) is 3.90. The van der Waals surface area contributed by atoms with Gasteiger partial charge in [-0.2, -0.15) is 0 Å². The summed E-state index contributed by atoms with van der Waals surface area (Å²) in [5.74, 6) is 0.243. The molecule has 0 saturated heterocycles. The van der Waals surface area contributed by atoms with Crippen molar-refractivity contribution < 1.29 is 5.11 Å². The van der Waals surface area contributed by atoms with Crippen LogP contribution in [0.4, 0.5) is 0 Å². The second kappa shape index (κ2) is 4.16. The number of hydrogen-bond donors (Lipinski definition) is 2. The zero-order valence-corrected chi connectivity index (χ0v) is 9.74. The second-order valence-corrected chi connectivity index (χ2v) is 4.18. The minimum Gasteiger partial charge on any atom is -0.508 e. The van der Waals surface area contributed by atoms with E-state index in [2.05, 4.69) is 4.98 Å². The highest BCUT2D eigenvalue weighted by Crippen LogP contribution is 2.22. The first-order valence-corrected chi connectivity index (χ1v) is 5.73. The molecule has 4 nitrogen and oxygen atoms in total. The highest BCUT2D eigenvalue weighted by molar-refractivity contribution is 5.64. The highest BCUT2D eigenvalue weighted by atomic mass is 16.3. The molecule has 2 aromatic heterocycles. The van der Waals surface area contributed by atoms with Gasteiger partial charge in [-0.15, -0.1) is 0 Å². The molecule has 1 aromatic carbocycles. The number of benzene rings is 1. The lowest BCUT2D eigenvalue weighted by atomic mass is 10.1. The number of fused-ring (bicyclic) bond motifs is 1. The fraction of sp³-hybridized carbons (Fsp3) is 0.0714. The van der Waals surface area contributed by atoms with Gasteiger partial charge in [0.15, 0.2) is 0 Å². The summed E-state index contributed by atoms with van der Waals surface area (Å²) in [6, 6.07) is 11.0. The van der Waals surface area contributed by atoms with Crippen LogP contribution in [-0.4, -0.2) is 14.5 Å². The number of hydrogen-bond acceptors (Lipinski definition) is 3. The van der Waals surface area contributed by atoms with E-state index in [1.54, 1.807) is 18.2 Å². The molecule has 0 aliphatic rings. The van der Waals surface area contributed by atoms with Gasteiger partial charge in [0.2, 0.25) is 0 Å². The van der Waals surface area contributed by atoms with Gasteiger partial charge < -0.3 is 15.2 Å². The lowest BCUT2D eigenvalue weighted by Crippen LogP contribution is -1.97. The van der Waals surface area contributed by atoms with Crippen LogP contribution in [0, 0.1) is 0 Å². The molecule has 90 valence electrons. The van der Waals surface area contributed by atoms with Gasteiger partial charge in [-0.05, 0) is 23.8 Å². The van der Waals surface area contributed by atoms with E-state index in [-0.39, 0.29) is 5.75 Å². The summed E-state index contributed by atoms with van der Waals surface area (Å²) in [4.78, 5) is 4.51. The maximum absolute atomic E-state index is 9.48. The molecule has 18 heavy (non-hydrogen) atoms. The molecule has 0 saturated carbocycles. The zero-order chi connectivity index (χ0) is 12.5. The Morgan fingerprint density at radius 2 is 2.06 bits per heavy atom. The fourth-order valence-electron chi connectivity index (χ4n) is 1.96. The molecular formula is C14H13N3O. The number of phenolic OH excluding ortho intramolecular Hbond substituents is 1. The van der Waals surface area contributed by atoms with Crippen LogP contribution in [0.2, 0.25) is 0 Å². The van der Waals surface area contributed by atoms with Crippen LogP contribution in [0.25, 0.3) is 16.9 Å². The topological polar surface area (TPSA) is 63.5 Å². The van der Waals surface area contributed by atoms with E-state index in [1.165, 1.54) is 0 Å². The van der Waals surface area contributed by atoms with Gasteiger partial charge >= 0.3 is 0 Å². The Bertz CT molecular complexity index is 703. The maximum atomic E-state index is 9.48. The summed E-state index contributed by atoms with van der Waals surface area (Å²) in [6.45, 7) is 0.510. The van der Waals surface area contributed by atoms with Gasteiger partial charge in [0, 0.05) is 24.5 Å². The SMILES string of the molecule is NCc1ccc2nc(-c3cccc(O)c3)cn2c1. The van der Waals surface area contributed by atoms with Gasteiger partial charge in [-0.25, -0.2) is 4.98 Å². The first-order chi connectivity index (χ1) is 8.76. The third-order valence-electron chi connectivity index (χ3n) is 2.89. The van der Waals surface area contributed by atoms with Crippen molar-refractivity contribution in [3.8, 4) is 17.0 Å². The van der Waals surface area contributed by atoms with E-state index in [4.69, 9.17) is 5.73 Å². The van der Waals surface area contributed by atoms with E-state index in [1.807, 2.05) is 35.0 Å². The highest BCUT2D eigenvalue weighted by Gasteiger charge is 2.05. The van der Waals surface area contributed by atoms with Crippen molar-refractivity contribution in [2.24, 2.45) is 5.73 Å². The van der Waals surface area contributed by atoms with Gasteiger partial charge in [-0.1, -0.05) is 18.2 Å². The van der Waals surface area contributed by atoms with Gasteiger partial charge in [0.25, 0.3) is 0 Å². The van der Waals surface area contributed by atoms with Gasteiger partial charge in [0.1, 0.15) is 11.4 Å². The van der Waals surface area contributed by atoms with Crippen LogP contribution < -0.4 is 5.73 Å². The maximum Gasteiger partial charge on any atom is 0.137 e. The molecule has 3 rings (SSSR count). The molecule has 0 fully saturated rings. The molecule has 0 aliphatic heterocycles. The Labute approximate surface area is 104 Å². The molecule has 0 amide bonds. The van der Waals surface area contributed by atoms with Crippen LogP contribution >= 0.6 is 0 Å².